The Balaban J connectivity index is 2.16. The third-order valence-corrected chi connectivity index (χ3v) is 3.44. The summed E-state index contributed by atoms with van der Waals surface area (Å²) in [5, 5.41) is 9.16. The normalized spacial score (nSPS) is 12.9. The van der Waals surface area contributed by atoms with Crippen molar-refractivity contribution in [2.24, 2.45) is 0 Å². The quantitative estimate of drug-likeness (QED) is 0.939. The van der Waals surface area contributed by atoms with Crippen LogP contribution in [0.3, 0.4) is 0 Å². The molecule has 0 unspecified atom stereocenters. The van der Waals surface area contributed by atoms with Crippen molar-refractivity contribution >= 4 is 11.5 Å². The molecule has 2 aromatic carbocycles. The van der Waals surface area contributed by atoms with Crippen LogP contribution in [0.2, 0.25) is 0 Å². The number of rotatable bonds is 3. The predicted molar refractivity (Wildman–Crippen MR) is 79.0 cm³/mol. The van der Waals surface area contributed by atoms with E-state index < -0.39 is 5.97 Å². The van der Waals surface area contributed by atoms with Gasteiger partial charge in [0.2, 0.25) is 0 Å². The van der Waals surface area contributed by atoms with Gasteiger partial charge in [-0.1, -0.05) is 18.2 Å². The Hall–Kier alpha value is -2.75. The molecule has 4 nitrogen and oxygen atoms in total. The van der Waals surface area contributed by atoms with Crippen LogP contribution in [0.25, 0.3) is 5.57 Å². The molecule has 1 aliphatic heterocycles. The third-order valence-electron chi connectivity index (χ3n) is 3.44. The third kappa shape index (κ3) is 2.36. The zero-order valence-corrected chi connectivity index (χ0v) is 11.5. The number of methoxy groups -OCH3 is 1. The van der Waals surface area contributed by atoms with Crippen LogP contribution in [-0.4, -0.2) is 24.8 Å². The summed E-state index contributed by atoms with van der Waals surface area (Å²) in [4.78, 5) is 11.2. The molecule has 1 heterocycles. The number of carbonyl (C=O) groups is 1. The zero-order valence-electron chi connectivity index (χ0n) is 11.5. The summed E-state index contributed by atoms with van der Waals surface area (Å²) < 4.78 is 11.0. The number of aromatic carboxylic acids is 1. The average Bonchev–Trinajstić information content (AvgIpc) is 2.53. The van der Waals surface area contributed by atoms with Crippen molar-refractivity contribution in [3.63, 3.8) is 0 Å². The lowest BCUT2D eigenvalue weighted by atomic mass is 9.93. The first-order valence-electron chi connectivity index (χ1n) is 6.55. The van der Waals surface area contributed by atoms with Gasteiger partial charge in [-0.05, 0) is 35.9 Å². The van der Waals surface area contributed by atoms with Crippen LogP contribution in [-0.2, 0) is 0 Å². The maximum absolute atomic E-state index is 11.2. The van der Waals surface area contributed by atoms with Gasteiger partial charge in [0.05, 0.1) is 12.7 Å². The van der Waals surface area contributed by atoms with Crippen LogP contribution in [0.5, 0.6) is 11.5 Å². The van der Waals surface area contributed by atoms with Gasteiger partial charge in [0.1, 0.15) is 18.1 Å². The fraction of sp³-hybridized carbons (Fsp3) is 0.118. The van der Waals surface area contributed by atoms with Gasteiger partial charge in [0, 0.05) is 11.1 Å². The number of benzene rings is 2. The van der Waals surface area contributed by atoms with Crippen LogP contribution in [0, 0.1) is 0 Å². The molecule has 106 valence electrons. The Labute approximate surface area is 122 Å². The Morgan fingerprint density at radius 3 is 2.76 bits per heavy atom. The second kappa shape index (κ2) is 5.32. The predicted octanol–water partition coefficient (Wildman–Crippen LogP) is 3.22. The molecule has 21 heavy (non-hydrogen) atoms. The van der Waals surface area contributed by atoms with Gasteiger partial charge < -0.3 is 14.6 Å². The molecule has 3 rings (SSSR count). The van der Waals surface area contributed by atoms with Crippen LogP contribution in [0.15, 0.2) is 48.5 Å². The van der Waals surface area contributed by atoms with Crippen molar-refractivity contribution in [2.75, 3.05) is 13.7 Å². The molecule has 0 aliphatic carbocycles. The molecule has 0 radical (unpaired) electrons. The monoisotopic (exact) mass is 282 g/mol. The van der Waals surface area contributed by atoms with Crippen molar-refractivity contribution < 1.29 is 19.4 Å². The lowest BCUT2D eigenvalue weighted by molar-refractivity contribution is 0.0697. The fourth-order valence-corrected chi connectivity index (χ4v) is 2.45. The molecule has 0 fully saturated rings. The summed E-state index contributed by atoms with van der Waals surface area (Å²) >= 11 is 0. The summed E-state index contributed by atoms with van der Waals surface area (Å²) in [7, 11) is 1.62. The molecule has 0 spiro atoms. The highest BCUT2D eigenvalue weighted by atomic mass is 16.5. The van der Waals surface area contributed by atoms with E-state index in [4.69, 9.17) is 14.6 Å². The number of hydrogen-bond acceptors (Lipinski definition) is 3. The maximum Gasteiger partial charge on any atom is 0.335 e. The molecular weight excluding hydrogens is 268 g/mol. The van der Waals surface area contributed by atoms with Gasteiger partial charge in [-0.25, -0.2) is 4.79 Å². The van der Waals surface area contributed by atoms with E-state index in [1.165, 1.54) is 0 Å². The zero-order chi connectivity index (χ0) is 14.8. The minimum Gasteiger partial charge on any atom is -0.496 e. The first kappa shape index (κ1) is 13.2. The number of para-hydroxylation sites is 1. The van der Waals surface area contributed by atoms with Crippen molar-refractivity contribution in [2.45, 2.75) is 0 Å². The highest BCUT2D eigenvalue weighted by Crippen LogP contribution is 2.38. The van der Waals surface area contributed by atoms with E-state index in [0.717, 1.165) is 22.4 Å². The van der Waals surface area contributed by atoms with Crippen molar-refractivity contribution in [1.82, 2.24) is 0 Å². The number of ether oxygens (including phenoxy) is 2. The number of carboxylic acids is 1. The second-order valence-electron chi connectivity index (χ2n) is 4.65. The van der Waals surface area contributed by atoms with Crippen LogP contribution in [0.1, 0.15) is 21.5 Å². The fourth-order valence-electron chi connectivity index (χ4n) is 2.45. The topological polar surface area (TPSA) is 55.8 Å². The minimum absolute atomic E-state index is 0.236. The Morgan fingerprint density at radius 1 is 1.19 bits per heavy atom. The summed E-state index contributed by atoms with van der Waals surface area (Å²) in [5.41, 5.74) is 2.86. The summed E-state index contributed by atoms with van der Waals surface area (Å²) in [6.07, 6.45) is 1.94. The highest BCUT2D eigenvalue weighted by molar-refractivity contribution is 5.92. The summed E-state index contributed by atoms with van der Waals surface area (Å²) in [5.74, 6) is 0.475. The Bertz CT molecular complexity index is 731. The van der Waals surface area contributed by atoms with E-state index in [1.807, 2.05) is 30.3 Å². The minimum atomic E-state index is -0.956. The first-order chi connectivity index (χ1) is 10.2. The van der Waals surface area contributed by atoms with E-state index in [1.54, 1.807) is 25.3 Å². The Kier molecular flexibility index (Phi) is 3.36. The lowest BCUT2D eigenvalue weighted by Gasteiger charge is -2.20. The van der Waals surface area contributed by atoms with Crippen LogP contribution in [0.4, 0.5) is 0 Å². The molecule has 0 atom stereocenters. The summed E-state index contributed by atoms with van der Waals surface area (Å²) in [6, 6.07) is 12.5. The molecule has 2 aromatic rings. The molecule has 0 bridgehead atoms. The highest BCUT2D eigenvalue weighted by Gasteiger charge is 2.19. The van der Waals surface area contributed by atoms with E-state index in [9.17, 15) is 4.79 Å². The largest absolute Gasteiger partial charge is 0.496 e. The standard InChI is InChI=1S/C17H14O4/c1-20-15-5-3-2-4-13(15)12-8-9-21-16-7-6-11(17(18)19)10-14(12)16/h2-8,10H,9H2,1H3,(H,18,19). The molecule has 0 amide bonds. The van der Waals surface area contributed by atoms with Crippen molar-refractivity contribution in [3.8, 4) is 11.5 Å². The van der Waals surface area contributed by atoms with E-state index >= 15 is 0 Å². The lowest BCUT2D eigenvalue weighted by Crippen LogP contribution is -2.08. The summed E-state index contributed by atoms with van der Waals surface area (Å²) in [6.45, 7) is 0.451. The van der Waals surface area contributed by atoms with Gasteiger partial charge in [0.15, 0.2) is 0 Å². The van der Waals surface area contributed by atoms with Gasteiger partial charge in [-0.2, -0.15) is 0 Å². The van der Waals surface area contributed by atoms with E-state index in [-0.39, 0.29) is 5.56 Å². The molecule has 1 N–H and O–H groups in total. The Morgan fingerprint density at radius 2 is 2.00 bits per heavy atom. The maximum atomic E-state index is 11.2. The molecule has 4 heteroatoms. The van der Waals surface area contributed by atoms with Gasteiger partial charge >= 0.3 is 5.97 Å². The SMILES string of the molecule is COc1ccccc1C1=CCOc2ccc(C(=O)O)cc21. The molecule has 1 aliphatic rings. The smallest absolute Gasteiger partial charge is 0.335 e. The molecule has 0 saturated carbocycles. The number of hydrogen-bond donors (Lipinski definition) is 1. The van der Waals surface area contributed by atoms with Crippen LogP contribution >= 0.6 is 0 Å². The first-order valence-corrected chi connectivity index (χ1v) is 6.55. The van der Waals surface area contributed by atoms with Gasteiger partial charge in [0.25, 0.3) is 0 Å². The average molecular weight is 282 g/mol. The van der Waals surface area contributed by atoms with Gasteiger partial charge in [-0.3, -0.25) is 0 Å². The second-order valence-corrected chi connectivity index (χ2v) is 4.65. The molecule has 0 saturated heterocycles. The van der Waals surface area contributed by atoms with E-state index in [0.29, 0.717) is 12.4 Å². The van der Waals surface area contributed by atoms with E-state index in [2.05, 4.69) is 0 Å². The van der Waals surface area contributed by atoms with Crippen molar-refractivity contribution in [3.05, 3.63) is 65.2 Å². The number of fused-ring (bicyclic) bond motifs is 1. The number of carboxylic acid groups (broad SMARTS) is 1. The molecule has 0 aromatic heterocycles. The van der Waals surface area contributed by atoms with Gasteiger partial charge in [-0.15, -0.1) is 0 Å². The van der Waals surface area contributed by atoms with Crippen LogP contribution < -0.4 is 9.47 Å². The molecular formula is C17H14O4. The van der Waals surface area contributed by atoms with Crippen molar-refractivity contribution in [1.29, 1.82) is 0 Å².